The van der Waals surface area contributed by atoms with Crippen LogP contribution >= 0.6 is 0 Å². The van der Waals surface area contributed by atoms with E-state index in [2.05, 4.69) is 11.9 Å². The topological polar surface area (TPSA) is 114 Å². The molecule has 0 N–H and O–H groups in total. The minimum atomic E-state index is -0.253. The molecule has 0 aliphatic carbocycles. The summed E-state index contributed by atoms with van der Waals surface area (Å²) in [5, 5.41) is 0. The normalized spacial score (nSPS) is 18.8. The first-order valence-electron chi connectivity index (χ1n) is 22.2. The van der Waals surface area contributed by atoms with Crippen molar-refractivity contribution in [2.45, 2.75) is 157 Å². The highest BCUT2D eigenvalue weighted by Crippen LogP contribution is 2.23. The molecule has 5 fully saturated rings. The van der Waals surface area contributed by atoms with Gasteiger partial charge in [0.1, 0.15) is 0 Å². The number of amides is 5. The van der Waals surface area contributed by atoms with Crippen LogP contribution in [-0.2, 0) is 28.7 Å². The van der Waals surface area contributed by atoms with Crippen LogP contribution < -0.4 is 0 Å². The summed E-state index contributed by atoms with van der Waals surface area (Å²) in [6, 6.07) is 0. The number of nitrogens with zero attached hydrogens (tertiary/aromatic N) is 6. The molecule has 5 amide bonds. The van der Waals surface area contributed by atoms with Crippen molar-refractivity contribution in [3.63, 3.8) is 0 Å². The first-order chi connectivity index (χ1) is 26.5. The average molecular weight is 853 g/mol. The Morgan fingerprint density at radius 1 is 0.317 bits per heavy atom. The van der Waals surface area contributed by atoms with Gasteiger partial charge in [-0.2, -0.15) is 0 Å². The van der Waals surface area contributed by atoms with Gasteiger partial charge in [-0.05, 0) is 45.6 Å². The van der Waals surface area contributed by atoms with Crippen LogP contribution in [0.5, 0.6) is 0 Å². The third-order valence-electron chi connectivity index (χ3n) is 10.5. The SMILES string of the molecule is C.C.CC(C)(C)C(=O)N1CCC1.CC(C)(C)C(=O)N1CCCC1.CC(C)(C)C(=O)N1CCCCC1.CC(C)(C)C(=O)N1CCOCC1.CN1CCN(C(=O)C(C)(C)C)CC1. The van der Waals surface area contributed by atoms with Crippen molar-refractivity contribution in [1.29, 1.82) is 0 Å². The minimum absolute atomic E-state index is 0. The van der Waals surface area contributed by atoms with Crippen LogP contribution in [0.15, 0.2) is 0 Å². The number of carbonyl (C=O) groups is 5. The number of carbonyl (C=O) groups excluding carboxylic acids is 5. The maximum atomic E-state index is 11.8. The van der Waals surface area contributed by atoms with Gasteiger partial charge < -0.3 is 34.1 Å². The molecular formula is C48H96N6O6. The third kappa shape index (κ3) is 21.9. The highest BCUT2D eigenvalue weighted by atomic mass is 16.5. The van der Waals surface area contributed by atoms with Crippen LogP contribution in [0.25, 0.3) is 0 Å². The zero-order valence-electron chi connectivity index (χ0n) is 40.3. The van der Waals surface area contributed by atoms with Crippen molar-refractivity contribution >= 4 is 29.5 Å². The predicted octanol–water partition coefficient (Wildman–Crippen LogP) is 7.93. The zero-order chi connectivity index (χ0) is 44.7. The van der Waals surface area contributed by atoms with E-state index in [4.69, 9.17) is 4.74 Å². The molecule has 0 spiro atoms. The fourth-order valence-electron chi connectivity index (χ4n) is 6.68. The molecule has 0 unspecified atom stereocenters. The highest BCUT2D eigenvalue weighted by Gasteiger charge is 2.32. The summed E-state index contributed by atoms with van der Waals surface area (Å²) in [4.78, 5) is 70.2. The highest BCUT2D eigenvalue weighted by molar-refractivity contribution is 5.83. The van der Waals surface area contributed by atoms with E-state index in [0.717, 1.165) is 78.5 Å². The van der Waals surface area contributed by atoms with Crippen LogP contribution in [0.4, 0.5) is 0 Å². The van der Waals surface area contributed by atoms with E-state index in [1.165, 1.54) is 38.5 Å². The number of rotatable bonds is 0. The second-order valence-corrected chi connectivity index (χ2v) is 21.7. The maximum absolute atomic E-state index is 11.8. The first kappa shape index (κ1) is 59.4. The Morgan fingerprint density at radius 3 is 0.767 bits per heavy atom. The monoisotopic (exact) mass is 853 g/mol. The van der Waals surface area contributed by atoms with Crippen molar-refractivity contribution in [2.75, 3.05) is 98.8 Å². The molecular weight excluding hydrogens is 757 g/mol. The van der Waals surface area contributed by atoms with Crippen LogP contribution in [0, 0.1) is 27.1 Å². The van der Waals surface area contributed by atoms with E-state index >= 15 is 0 Å². The van der Waals surface area contributed by atoms with Gasteiger partial charge in [0, 0.05) is 106 Å². The smallest absolute Gasteiger partial charge is 0.228 e. The fourth-order valence-corrected chi connectivity index (χ4v) is 6.68. The van der Waals surface area contributed by atoms with Gasteiger partial charge in [-0.25, -0.2) is 0 Å². The molecule has 0 aromatic rings. The molecule has 354 valence electrons. The molecule has 5 rings (SSSR count). The zero-order valence-corrected chi connectivity index (χ0v) is 40.3. The Labute approximate surface area is 369 Å². The Hall–Kier alpha value is -2.73. The first-order valence-corrected chi connectivity index (χ1v) is 22.2. The lowest BCUT2D eigenvalue weighted by atomic mass is 9.93. The number of hydrogen-bond acceptors (Lipinski definition) is 7. The maximum Gasteiger partial charge on any atom is 0.228 e. The van der Waals surface area contributed by atoms with Crippen LogP contribution in [-0.4, -0.2) is 158 Å². The van der Waals surface area contributed by atoms with E-state index in [1.54, 1.807) is 0 Å². The van der Waals surface area contributed by atoms with Crippen LogP contribution in [0.1, 0.15) is 157 Å². The molecule has 0 radical (unpaired) electrons. The quantitative estimate of drug-likeness (QED) is 0.243. The summed E-state index contributed by atoms with van der Waals surface area (Å²) >= 11 is 0. The summed E-state index contributed by atoms with van der Waals surface area (Å²) in [5.41, 5.74) is -1.05. The lowest BCUT2D eigenvalue weighted by molar-refractivity contribution is -0.144. The van der Waals surface area contributed by atoms with Crippen LogP contribution in [0.3, 0.4) is 0 Å². The molecule has 60 heavy (non-hydrogen) atoms. The fraction of sp³-hybridized carbons (Fsp3) is 0.896. The number of piperazine rings is 1. The average Bonchev–Trinajstić information content (AvgIpc) is 3.65. The molecule has 12 nitrogen and oxygen atoms in total. The van der Waals surface area contributed by atoms with Gasteiger partial charge in [-0.3, -0.25) is 24.0 Å². The standard InChI is InChI=1S/C10H20N2O.C10H19NO.C9H17NO2.C9H17NO.C8H15NO.2CH4/c1-10(2,3)9(13)12-7-5-11(4)6-8-12;1-10(2,3)9(12)11-7-5-4-6-8-11;1-9(2,3)8(11)10-4-6-12-7-5-10;1-9(2,3)8(11)10-6-4-5-7-10;1-8(2,3)7(10)9-5-4-6-9;;/h5-8H2,1-4H3;4-8H2,1-3H3;4-7H2,1-3H3;4-7H2,1-3H3;4-6H2,1-3H3;2*1H4. The van der Waals surface area contributed by atoms with Gasteiger partial charge in [0.25, 0.3) is 0 Å². The van der Waals surface area contributed by atoms with Gasteiger partial charge in [0.2, 0.25) is 29.5 Å². The van der Waals surface area contributed by atoms with Crippen molar-refractivity contribution < 1.29 is 28.7 Å². The Bertz CT molecular complexity index is 1230. The molecule has 0 aromatic carbocycles. The third-order valence-corrected chi connectivity index (χ3v) is 10.5. The molecule has 0 atom stereocenters. The number of likely N-dealkylation sites (tertiary alicyclic amines) is 3. The summed E-state index contributed by atoms with van der Waals surface area (Å²) in [6.45, 7) is 42.0. The lowest BCUT2D eigenvalue weighted by Crippen LogP contribution is -2.50. The van der Waals surface area contributed by atoms with Crippen molar-refractivity contribution in [1.82, 2.24) is 29.4 Å². The molecule has 0 saturated carbocycles. The molecule has 5 aliphatic rings. The molecule has 5 heterocycles. The van der Waals surface area contributed by atoms with Crippen molar-refractivity contribution in [3.8, 4) is 0 Å². The summed E-state index contributed by atoms with van der Waals surface area (Å²) in [6.07, 6.45) is 7.20. The van der Waals surface area contributed by atoms with E-state index in [0.29, 0.717) is 30.9 Å². The van der Waals surface area contributed by atoms with Gasteiger partial charge in [0.15, 0.2) is 0 Å². The predicted molar refractivity (Wildman–Crippen MR) is 250 cm³/mol. The van der Waals surface area contributed by atoms with E-state index in [9.17, 15) is 24.0 Å². The van der Waals surface area contributed by atoms with Crippen molar-refractivity contribution in [3.05, 3.63) is 0 Å². The lowest BCUT2D eigenvalue weighted by Gasteiger charge is -2.36. The Morgan fingerprint density at radius 2 is 0.533 bits per heavy atom. The minimum Gasteiger partial charge on any atom is -0.378 e. The van der Waals surface area contributed by atoms with Gasteiger partial charge in [0.05, 0.1) is 13.2 Å². The molecule has 0 bridgehead atoms. The molecule has 12 heteroatoms. The van der Waals surface area contributed by atoms with Gasteiger partial charge >= 0.3 is 0 Å². The molecule has 5 aliphatic heterocycles. The summed E-state index contributed by atoms with van der Waals surface area (Å²) in [5.74, 6) is 1.40. The number of likely N-dealkylation sites (N-methyl/N-ethyl adjacent to an activating group) is 1. The van der Waals surface area contributed by atoms with E-state index < -0.39 is 0 Å². The Kier molecular flexibility index (Phi) is 25.7. The van der Waals surface area contributed by atoms with Gasteiger partial charge in [-0.15, -0.1) is 0 Å². The second kappa shape index (κ2) is 26.0. The van der Waals surface area contributed by atoms with Crippen LogP contribution in [0.2, 0.25) is 0 Å². The van der Waals surface area contributed by atoms with E-state index in [-0.39, 0.29) is 53.7 Å². The molecule has 0 aromatic heterocycles. The van der Waals surface area contributed by atoms with E-state index in [1.807, 2.05) is 128 Å². The summed E-state index contributed by atoms with van der Waals surface area (Å²) < 4.78 is 5.17. The van der Waals surface area contributed by atoms with Gasteiger partial charge in [-0.1, -0.05) is 119 Å². The Balaban J connectivity index is 0. The number of ether oxygens (including phenoxy) is 1. The van der Waals surface area contributed by atoms with Crippen molar-refractivity contribution in [2.24, 2.45) is 27.1 Å². The number of piperidine rings is 1. The summed E-state index contributed by atoms with van der Waals surface area (Å²) in [7, 11) is 2.10. The second-order valence-electron chi connectivity index (χ2n) is 21.7. The number of hydrogen-bond donors (Lipinski definition) is 0. The number of morpholine rings is 1. The largest absolute Gasteiger partial charge is 0.378 e. The molecule has 5 saturated heterocycles.